The molecule has 5 nitrogen and oxygen atoms in total. The number of nitrogens with zero attached hydrogens (tertiary/aromatic N) is 1. The number of carbonyl (C=O) groups excluding carboxylic acids is 2. The van der Waals surface area contributed by atoms with Crippen molar-refractivity contribution in [2.75, 3.05) is 6.54 Å². The number of amides is 2. The Morgan fingerprint density at radius 3 is 2.94 bits per heavy atom. The second-order valence-electron chi connectivity index (χ2n) is 3.00. The van der Waals surface area contributed by atoms with Crippen LogP contribution in [-0.4, -0.2) is 18.4 Å². The largest absolute Gasteiger partial charge is 0.351 e. The molecule has 1 heterocycles. The fourth-order valence-corrected chi connectivity index (χ4v) is 1.71. The summed E-state index contributed by atoms with van der Waals surface area (Å²) >= 11 is 1.37. The standard InChI is InChI=1S/C10H11N3O2S/c11-7-13-9(14)4-1-5-12-10(15)8-3-2-6-16-8/h2-3,6H,1,4-5H2,(H,12,15)(H,13,14). The maximum Gasteiger partial charge on any atom is 0.261 e. The number of thiophene rings is 1. The van der Waals surface area contributed by atoms with E-state index in [-0.39, 0.29) is 18.2 Å². The van der Waals surface area contributed by atoms with Crippen LogP contribution in [0.15, 0.2) is 17.5 Å². The Balaban J connectivity index is 2.15. The fourth-order valence-electron chi connectivity index (χ4n) is 1.07. The number of hydrogen-bond donors (Lipinski definition) is 2. The van der Waals surface area contributed by atoms with Gasteiger partial charge in [-0.1, -0.05) is 6.07 Å². The van der Waals surface area contributed by atoms with Crippen molar-refractivity contribution in [3.05, 3.63) is 22.4 Å². The molecule has 2 amide bonds. The smallest absolute Gasteiger partial charge is 0.261 e. The summed E-state index contributed by atoms with van der Waals surface area (Å²) in [4.78, 5) is 22.9. The van der Waals surface area contributed by atoms with Crippen LogP contribution in [0.25, 0.3) is 0 Å². The summed E-state index contributed by atoms with van der Waals surface area (Å²) in [5.41, 5.74) is 0. The molecule has 1 rings (SSSR count). The minimum absolute atomic E-state index is 0.129. The van der Waals surface area contributed by atoms with Crippen LogP contribution < -0.4 is 10.6 Å². The highest BCUT2D eigenvalue weighted by molar-refractivity contribution is 7.12. The summed E-state index contributed by atoms with van der Waals surface area (Å²) in [5.74, 6) is -0.455. The fraction of sp³-hybridized carbons (Fsp3) is 0.300. The van der Waals surface area contributed by atoms with Gasteiger partial charge >= 0.3 is 0 Å². The van der Waals surface area contributed by atoms with Crippen LogP contribution in [0.4, 0.5) is 0 Å². The molecular formula is C10H11N3O2S. The third-order valence-electron chi connectivity index (χ3n) is 1.81. The third kappa shape index (κ3) is 4.11. The van der Waals surface area contributed by atoms with Gasteiger partial charge in [-0.3, -0.25) is 14.9 Å². The summed E-state index contributed by atoms with van der Waals surface area (Å²) in [6.45, 7) is 0.426. The van der Waals surface area contributed by atoms with E-state index in [0.29, 0.717) is 17.8 Å². The van der Waals surface area contributed by atoms with Gasteiger partial charge in [0.15, 0.2) is 6.19 Å². The van der Waals surface area contributed by atoms with Gasteiger partial charge in [0.1, 0.15) is 0 Å². The summed E-state index contributed by atoms with van der Waals surface area (Å²) in [6, 6.07) is 3.54. The van der Waals surface area contributed by atoms with E-state index in [0.717, 1.165) is 0 Å². The molecule has 84 valence electrons. The molecule has 0 aliphatic carbocycles. The van der Waals surface area contributed by atoms with Crippen molar-refractivity contribution in [3.8, 4) is 6.19 Å². The second kappa shape index (κ2) is 6.58. The lowest BCUT2D eigenvalue weighted by atomic mass is 10.3. The molecule has 0 saturated carbocycles. The minimum atomic E-state index is -0.326. The highest BCUT2D eigenvalue weighted by Gasteiger charge is 2.05. The molecule has 0 aliphatic heterocycles. The van der Waals surface area contributed by atoms with Gasteiger partial charge in [-0.25, -0.2) is 0 Å². The number of rotatable bonds is 5. The molecule has 0 aromatic carbocycles. The zero-order chi connectivity index (χ0) is 11.8. The van der Waals surface area contributed by atoms with Gasteiger partial charge in [0.2, 0.25) is 5.91 Å². The zero-order valence-electron chi connectivity index (χ0n) is 8.53. The zero-order valence-corrected chi connectivity index (χ0v) is 9.34. The molecule has 0 fully saturated rings. The van der Waals surface area contributed by atoms with Crippen molar-refractivity contribution < 1.29 is 9.59 Å². The van der Waals surface area contributed by atoms with Crippen LogP contribution >= 0.6 is 11.3 Å². The van der Waals surface area contributed by atoms with Crippen LogP contribution in [0, 0.1) is 11.5 Å². The van der Waals surface area contributed by atoms with Crippen molar-refractivity contribution in [2.24, 2.45) is 0 Å². The summed E-state index contributed by atoms with van der Waals surface area (Å²) in [7, 11) is 0. The van der Waals surface area contributed by atoms with Gasteiger partial charge in [0.05, 0.1) is 4.88 Å². The quantitative estimate of drug-likeness (QED) is 0.452. The van der Waals surface area contributed by atoms with Gasteiger partial charge < -0.3 is 5.32 Å². The first-order chi connectivity index (χ1) is 7.74. The van der Waals surface area contributed by atoms with Crippen molar-refractivity contribution in [1.82, 2.24) is 10.6 Å². The second-order valence-corrected chi connectivity index (χ2v) is 3.94. The Morgan fingerprint density at radius 1 is 1.50 bits per heavy atom. The maximum atomic E-state index is 11.4. The van der Waals surface area contributed by atoms with Gasteiger partial charge in [0.25, 0.3) is 5.91 Å². The van der Waals surface area contributed by atoms with Crippen LogP contribution in [0.3, 0.4) is 0 Å². The van der Waals surface area contributed by atoms with E-state index in [1.165, 1.54) is 11.3 Å². The Morgan fingerprint density at radius 2 is 2.31 bits per heavy atom. The Hall–Kier alpha value is -1.87. The van der Waals surface area contributed by atoms with E-state index >= 15 is 0 Å². The molecule has 2 N–H and O–H groups in total. The molecule has 0 spiro atoms. The van der Waals surface area contributed by atoms with E-state index in [4.69, 9.17) is 5.26 Å². The van der Waals surface area contributed by atoms with Crippen molar-refractivity contribution in [2.45, 2.75) is 12.8 Å². The van der Waals surface area contributed by atoms with Crippen LogP contribution in [0.1, 0.15) is 22.5 Å². The highest BCUT2D eigenvalue weighted by Crippen LogP contribution is 2.07. The molecule has 0 atom stereocenters. The molecule has 0 aliphatic rings. The Labute approximate surface area is 97.1 Å². The Bertz CT molecular complexity index is 395. The molecular weight excluding hydrogens is 226 g/mol. The average Bonchev–Trinajstić information content (AvgIpc) is 2.78. The van der Waals surface area contributed by atoms with Crippen molar-refractivity contribution in [1.29, 1.82) is 5.26 Å². The summed E-state index contributed by atoms with van der Waals surface area (Å²) in [6.07, 6.45) is 2.31. The molecule has 16 heavy (non-hydrogen) atoms. The topological polar surface area (TPSA) is 82.0 Å². The summed E-state index contributed by atoms with van der Waals surface area (Å²) < 4.78 is 0. The first-order valence-corrected chi connectivity index (χ1v) is 5.61. The Kier molecular flexibility index (Phi) is 5.02. The number of carbonyl (C=O) groups is 2. The van der Waals surface area contributed by atoms with Gasteiger partial charge in [-0.2, -0.15) is 5.26 Å². The van der Waals surface area contributed by atoms with E-state index in [9.17, 15) is 9.59 Å². The first kappa shape index (κ1) is 12.2. The van der Waals surface area contributed by atoms with Gasteiger partial charge in [-0.05, 0) is 17.9 Å². The number of hydrogen-bond acceptors (Lipinski definition) is 4. The molecule has 0 radical (unpaired) electrons. The van der Waals surface area contributed by atoms with Gasteiger partial charge in [0, 0.05) is 13.0 Å². The highest BCUT2D eigenvalue weighted by atomic mass is 32.1. The molecule has 1 aromatic rings. The van der Waals surface area contributed by atoms with E-state index in [1.807, 2.05) is 10.7 Å². The van der Waals surface area contributed by atoms with Crippen molar-refractivity contribution in [3.63, 3.8) is 0 Å². The minimum Gasteiger partial charge on any atom is -0.351 e. The monoisotopic (exact) mass is 237 g/mol. The number of nitrogens with one attached hydrogen (secondary N) is 2. The average molecular weight is 237 g/mol. The lowest BCUT2D eigenvalue weighted by Crippen LogP contribution is -2.25. The van der Waals surface area contributed by atoms with Crippen LogP contribution in [0.5, 0.6) is 0 Å². The molecule has 1 aromatic heterocycles. The number of nitriles is 1. The maximum absolute atomic E-state index is 11.4. The third-order valence-corrected chi connectivity index (χ3v) is 2.68. The molecule has 0 saturated heterocycles. The molecule has 0 unspecified atom stereocenters. The van der Waals surface area contributed by atoms with Crippen molar-refractivity contribution >= 4 is 23.2 Å². The summed E-state index contributed by atoms with van der Waals surface area (Å²) in [5, 5.41) is 14.7. The van der Waals surface area contributed by atoms with E-state index in [1.54, 1.807) is 18.3 Å². The van der Waals surface area contributed by atoms with Gasteiger partial charge in [-0.15, -0.1) is 11.3 Å². The predicted molar refractivity (Wildman–Crippen MR) is 59.6 cm³/mol. The SMILES string of the molecule is N#CNC(=O)CCCNC(=O)c1cccs1. The van der Waals surface area contributed by atoms with E-state index in [2.05, 4.69) is 5.32 Å². The lowest BCUT2D eigenvalue weighted by Gasteiger charge is -2.02. The first-order valence-electron chi connectivity index (χ1n) is 4.73. The van der Waals surface area contributed by atoms with Crippen LogP contribution in [-0.2, 0) is 4.79 Å². The lowest BCUT2D eigenvalue weighted by molar-refractivity contribution is -0.120. The van der Waals surface area contributed by atoms with E-state index < -0.39 is 0 Å². The molecule has 0 bridgehead atoms. The normalized spacial score (nSPS) is 9.19. The van der Waals surface area contributed by atoms with Crippen LogP contribution in [0.2, 0.25) is 0 Å². The predicted octanol–water partition coefficient (Wildman–Crippen LogP) is 0.855. The molecule has 6 heteroatoms.